The zero-order valence-corrected chi connectivity index (χ0v) is 13.8. The molecule has 2 N–H and O–H groups in total. The number of carbonyl (C=O) groups is 2. The van der Waals surface area contributed by atoms with Gasteiger partial charge in [-0.2, -0.15) is 0 Å². The first-order chi connectivity index (χ1) is 9.73. The van der Waals surface area contributed by atoms with E-state index in [0.29, 0.717) is 18.0 Å². The Hall–Kier alpha value is -1.55. The molecule has 0 aliphatic rings. The lowest BCUT2D eigenvalue weighted by molar-refractivity contribution is -0.141. The minimum absolute atomic E-state index is 0.0102. The molecule has 0 saturated carbocycles. The molecule has 0 saturated heterocycles. The quantitative estimate of drug-likeness (QED) is 0.793. The first kappa shape index (κ1) is 17.5. The molecule has 0 unspecified atom stereocenters. The van der Waals surface area contributed by atoms with Gasteiger partial charge in [-0.25, -0.2) is 0 Å². The second-order valence-electron chi connectivity index (χ2n) is 5.89. The van der Waals surface area contributed by atoms with Crippen LogP contribution in [0.2, 0.25) is 5.02 Å². The van der Waals surface area contributed by atoms with Crippen molar-refractivity contribution in [3.8, 4) is 0 Å². The van der Waals surface area contributed by atoms with E-state index in [2.05, 4.69) is 10.6 Å². The Labute approximate surface area is 131 Å². The lowest BCUT2D eigenvalue weighted by Gasteiger charge is -2.24. The van der Waals surface area contributed by atoms with Gasteiger partial charge >= 0.3 is 0 Å². The summed E-state index contributed by atoms with van der Waals surface area (Å²) in [6, 6.07) is 7.51. The van der Waals surface area contributed by atoms with Crippen molar-refractivity contribution < 1.29 is 9.59 Å². The SMILES string of the molecule is CC(C)NC(=O)C(C)(C)C(=O)NCCc1cccc(Cl)c1. The van der Waals surface area contributed by atoms with E-state index >= 15 is 0 Å². The van der Waals surface area contributed by atoms with Gasteiger partial charge in [0.05, 0.1) is 0 Å². The van der Waals surface area contributed by atoms with Crippen LogP contribution in [0.3, 0.4) is 0 Å². The minimum Gasteiger partial charge on any atom is -0.355 e. The first-order valence-electron chi connectivity index (χ1n) is 7.07. The zero-order chi connectivity index (χ0) is 16.0. The average molecular weight is 311 g/mol. The van der Waals surface area contributed by atoms with Gasteiger partial charge in [-0.1, -0.05) is 23.7 Å². The van der Waals surface area contributed by atoms with Gasteiger partial charge in [0.25, 0.3) is 0 Å². The predicted octanol–water partition coefficient (Wildman–Crippen LogP) is 2.55. The Morgan fingerprint density at radius 1 is 1.24 bits per heavy atom. The largest absolute Gasteiger partial charge is 0.355 e. The minimum atomic E-state index is -1.08. The first-order valence-corrected chi connectivity index (χ1v) is 7.45. The Morgan fingerprint density at radius 2 is 1.90 bits per heavy atom. The van der Waals surface area contributed by atoms with Gasteiger partial charge in [0, 0.05) is 17.6 Å². The van der Waals surface area contributed by atoms with Crippen molar-refractivity contribution in [2.24, 2.45) is 5.41 Å². The molecule has 0 aliphatic heterocycles. The van der Waals surface area contributed by atoms with Gasteiger partial charge in [-0.05, 0) is 51.8 Å². The van der Waals surface area contributed by atoms with Gasteiger partial charge < -0.3 is 10.6 Å². The number of amides is 2. The highest BCUT2D eigenvalue weighted by Crippen LogP contribution is 2.16. The second-order valence-corrected chi connectivity index (χ2v) is 6.33. The molecule has 21 heavy (non-hydrogen) atoms. The normalized spacial score (nSPS) is 11.3. The summed E-state index contributed by atoms with van der Waals surface area (Å²) >= 11 is 5.91. The van der Waals surface area contributed by atoms with Crippen molar-refractivity contribution in [1.82, 2.24) is 10.6 Å². The van der Waals surface area contributed by atoms with Crippen molar-refractivity contribution in [2.75, 3.05) is 6.54 Å². The molecular formula is C16H23ClN2O2. The molecule has 0 fully saturated rings. The molecule has 0 radical (unpaired) electrons. The molecule has 2 amide bonds. The molecule has 0 spiro atoms. The molecule has 0 atom stereocenters. The molecule has 1 aromatic rings. The fourth-order valence-electron chi connectivity index (χ4n) is 1.78. The monoisotopic (exact) mass is 310 g/mol. The molecule has 0 bridgehead atoms. The summed E-state index contributed by atoms with van der Waals surface area (Å²) in [5, 5.41) is 6.24. The molecule has 4 nitrogen and oxygen atoms in total. The van der Waals surface area contributed by atoms with Crippen LogP contribution in [0.15, 0.2) is 24.3 Å². The van der Waals surface area contributed by atoms with Crippen molar-refractivity contribution in [3.05, 3.63) is 34.9 Å². The summed E-state index contributed by atoms with van der Waals surface area (Å²) in [5.41, 5.74) is -0.0364. The van der Waals surface area contributed by atoms with Crippen molar-refractivity contribution in [3.63, 3.8) is 0 Å². The summed E-state index contributed by atoms with van der Waals surface area (Å²) in [4.78, 5) is 24.2. The Morgan fingerprint density at radius 3 is 2.48 bits per heavy atom. The second kappa shape index (κ2) is 7.46. The van der Waals surface area contributed by atoms with Gasteiger partial charge in [0.2, 0.25) is 11.8 Å². The summed E-state index contributed by atoms with van der Waals surface area (Å²) in [5.74, 6) is -0.541. The zero-order valence-electron chi connectivity index (χ0n) is 13.0. The number of carbonyl (C=O) groups excluding carboxylic acids is 2. The lowest BCUT2D eigenvalue weighted by Crippen LogP contribution is -2.49. The Bertz CT molecular complexity index is 513. The molecule has 0 aromatic heterocycles. The van der Waals surface area contributed by atoms with Crippen LogP contribution in [0, 0.1) is 5.41 Å². The highest BCUT2D eigenvalue weighted by molar-refractivity contribution is 6.30. The third kappa shape index (κ3) is 5.38. The molecule has 116 valence electrons. The molecular weight excluding hydrogens is 288 g/mol. The third-order valence-electron chi connectivity index (χ3n) is 3.14. The van der Waals surface area contributed by atoms with Crippen LogP contribution in [0.4, 0.5) is 0 Å². The smallest absolute Gasteiger partial charge is 0.235 e. The van der Waals surface area contributed by atoms with E-state index in [1.54, 1.807) is 13.8 Å². The maximum Gasteiger partial charge on any atom is 0.235 e. The van der Waals surface area contributed by atoms with Crippen LogP contribution >= 0.6 is 11.6 Å². The standard InChI is InChI=1S/C16H23ClN2O2/c1-11(2)19-15(21)16(3,4)14(20)18-9-8-12-6-5-7-13(17)10-12/h5-7,10-11H,8-9H2,1-4H3,(H,18,20)(H,19,21). The summed E-state index contributed by atoms with van der Waals surface area (Å²) < 4.78 is 0. The highest BCUT2D eigenvalue weighted by atomic mass is 35.5. The Kier molecular flexibility index (Phi) is 6.21. The van der Waals surface area contributed by atoms with Crippen molar-refractivity contribution in [1.29, 1.82) is 0 Å². The van der Waals surface area contributed by atoms with E-state index in [-0.39, 0.29) is 17.9 Å². The number of nitrogens with one attached hydrogen (secondary N) is 2. The topological polar surface area (TPSA) is 58.2 Å². The van der Waals surface area contributed by atoms with Gasteiger partial charge in [-0.15, -0.1) is 0 Å². The van der Waals surface area contributed by atoms with Crippen LogP contribution in [0.25, 0.3) is 0 Å². The van der Waals surface area contributed by atoms with Crippen LogP contribution in [-0.2, 0) is 16.0 Å². The number of halogens is 1. The lowest BCUT2D eigenvalue weighted by atomic mass is 9.90. The molecule has 0 aliphatic carbocycles. The van der Waals surface area contributed by atoms with E-state index < -0.39 is 5.41 Å². The number of rotatable bonds is 6. The Balaban J connectivity index is 2.51. The van der Waals surface area contributed by atoms with Crippen LogP contribution in [0.1, 0.15) is 33.3 Å². The third-order valence-corrected chi connectivity index (χ3v) is 3.38. The fourth-order valence-corrected chi connectivity index (χ4v) is 1.99. The van der Waals surface area contributed by atoms with Crippen LogP contribution in [-0.4, -0.2) is 24.4 Å². The summed E-state index contributed by atoms with van der Waals surface area (Å²) in [6.07, 6.45) is 0.675. The number of hydrogen-bond donors (Lipinski definition) is 2. The predicted molar refractivity (Wildman–Crippen MR) is 85.2 cm³/mol. The van der Waals surface area contributed by atoms with E-state index in [0.717, 1.165) is 5.56 Å². The van der Waals surface area contributed by atoms with Crippen molar-refractivity contribution in [2.45, 2.75) is 40.2 Å². The van der Waals surface area contributed by atoms with Crippen LogP contribution in [0.5, 0.6) is 0 Å². The van der Waals surface area contributed by atoms with Gasteiger partial charge in [-0.3, -0.25) is 9.59 Å². The van der Waals surface area contributed by atoms with Crippen molar-refractivity contribution >= 4 is 23.4 Å². The number of hydrogen-bond acceptors (Lipinski definition) is 2. The van der Waals surface area contributed by atoms with E-state index in [4.69, 9.17) is 11.6 Å². The summed E-state index contributed by atoms with van der Waals surface area (Å²) in [6.45, 7) is 7.45. The number of benzene rings is 1. The van der Waals surface area contributed by atoms with Crippen LogP contribution < -0.4 is 10.6 Å². The molecule has 0 heterocycles. The molecule has 1 aromatic carbocycles. The fraction of sp³-hybridized carbons (Fsp3) is 0.500. The summed E-state index contributed by atoms with van der Waals surface area (Å²) in [7, 11) is 0. The maximum atomic E-state index is 12.1. The average Bonchev–Trinajstić information content (AvgIpc) is 2.37. The van der Waals surface area contributed by atoms with Gasteiger partial charge in [0.15, 0.2) is 0 Å². The van der Waals surface area contributed by atoms with E-state index in [9.17, 15) is 9.59 Å². The molecule has 1 rings (SSSR count). The highest BCUT2D eigenvalue weighted by Gasteiger charge is 2.35. The van der Waals surface area contributed by atoms with Gasteiger partial charge in [0.1, 0.15) is 5.41 Å². The maximum absolute atomic E-state index is 12.1. The molecule has 5 heteroatoms. The van der Waals surface area contributed by atoms with E-state index in [1.165, 1.54) is 0 Å². The van der Waals surface area contributed by atoms with E-state index in [1.807, 2.05) is 38.1 Å².